The van der Waals surface area contributed by atoms with Crippen molar-refractivity contribution >= 4 is 13.8 Å². The molecule has 0 saturated carbocycles. The molecule has 2 aromatic rings. The summed E-state index contributed by atoms with van der Waals surface area (Å²) >= 11 is 0. The van der Waals surface area contributed by atoms with Gasteiger partial charge in [-0.2, -0.15) is 10.2 Å². The molecule has 0 saturated heterocycles. The Hall–Kier alpha value is -2.00. The second-order valence-corrected chi connectivity index (χ2v) is 13.0. The first-order valence-corrected chi connectivity index (χ1v) is 11.9. The molecule has 2 aromatic heterocycles. The van der Waals surface area contributed by atoms with Gasteiger partial charge in [-0.25, -0.2) is 4.68 Å². The van der Waals surface area contributed by atoms with Crippen molar-refractivity contribution in [3.63, 3.8) is 0 Å². The first-order valence-electron chi connectivity index (χ1n) is 8.20. The van der Waals surface area contributed by atoms with Gasteiger partial charge in [-0.05, 0) is 18.9 Å². The van der Waals surface area contributed by atoms with Gasteiger partial charge >= 0.3 is 5.69 Å². The molecule has 1 aliphatic heterocycles. The van der Waals surface area contributed by atoms with Gasteiger partial charge in [0.1, 0.15) is 12.9 Å². The van der Waals surface area contributed by atoms with Crippen LogP contribution < -0.4 is 0 Å². The molecule has 3 rings (SSSR count). The Labute approximate surface area is 141 Å². The molecule has 24 heavy (non-hydrogen) atoms. The fourth-order valence-corrected chi connectivity index (χ4v) is 3.56. The summed E-state index contributed by atoms with van der Waals surface area (Å²) in [6.07, 6.45) is 5.03. The number of aromatic nitrogens is 4. The summed E-state index contributed by atoms with van der Waals surface area (Å²) in [4.78, 5) is 11.0. The smallest absolute Gasteiger partial charge is 0.315 e. The maximum atomic E-state index is 11.4. The Kier molecular flexibility index (Phi) is 4.55. The van der Waals surface area contributed by atoms with Crippen molar-refractivity contribution in [3.8, 4) is 11.3 Å². The number of hydrogen-bond donors (Lipinski definition) is 0. The molecule has 0 N–H and O–H groups in total. The highest BCUT2D eigenvalue weighted by Gasteiger charge is 2.27. The van der Waals surface area contributed by atoms with E-state index >= 15 is 0 Å². The first-order chi connectivity index (χ1) is 11.3. The van der Waals surface area contributed by atoms with Gasteiger partial charge in [0.25, 0.3) is 0 Å². The third-order valence-electron chi connectivity index (χ3n) is 4.15. The summed E-state index contributed by atoms with van der Waals surface area (Å²) in [7, 11) is -1.15. The zero-order valence-electron chi connectivity index (χ0n) is 14.4. The van der Waals surface area contributed by atoms with Crippen LogP contribution in [0.2, 0.25) is 25.7 Å². The van der Waals surface area contributed by atoms with E-state index in [0.717, 1.165) is 36.7 Å². The average Bonchev–Trinajstić information content (AvgIpc) is 3.16. The van der Waals surface area contributed by atoms with Crippen LogP contribution in [0.25, 0.3) is 11.3 Å². The Morgan fingerprint density at radius 1 is 1.42 bits per heavy atom. The molecule has 0 spiro atoms. The second-order valence-electron chi connectivity index (χ2n) is 7.34. The molecular formula is C15H23N5O3Si. The molecule has 0 aliphatic carbocycles. The summed E-state index contributed by atoms with van der Waals surface area (Å²) < 4.78 is 9.06. The van der Waals surface area contributed by atoms with Crippen molar-refractivity contribution in [2.75, 3.05) is 6.61 Å². The lowest BCUT2D eigenvalue weighted by atomic mass is 10.1. The predicted molar refractivity (Wildman–Crippen MR) is 92.5 cm³/mol. The van der Waals surface area contributed by atoms with Gasteiger partial charge in [-0.1, -0.05) is 19.6 Å². The maximum Gasteiger partial charge on any atom is 0.315 e. The lowest BCUT2D eigenvalue weighted by Gasteiger charge is -2.15. The third-order valence-corrected chi connectivity index (χ3v) is 5.85. The molecule has 8 nitrogen and oxygen atoms in total. The van der Waals surface area contributed by atoms with E-state index in [1.54, 1.807) is 6.20 Å². The SMILES string of the molecule is C[Si](C)(C)CCOCn1cc([N+](=O)[O-])c(-c2cnn3c2CCC3)n1. The van der Waals surface area contributed by atoms with Gasteiger partial charge < -0.3 is 4.74 Å². The predicted octanol–water partition coefficient (Wildman–Crippen LogP) is 2.91. The zero-order valence-corrected chi connectivity index (χ0v) is 15.4. The highest BCUT2D eigenvalue weighted by Crippen LogP contribution is 2.33. The lowest BCUT2D eigenvalue weighted by Crippen LogP contribution is -2.22. The van der Waals surface area contributed by atoms with Crippen LogP contribution in [0.1, 0.15) is 12.1 Å². The second kappa shape index (κ2) is 6.48. The molecule has 0 unspecified atom stereocenters. The first kappa shape index (κ1) is 16.8. The van der Waals surface area contributed by atoms with Gasteiger partial charge in [-0.15, -0.1) is 0 Å². The van der Waals surface area contributed by atoms with Gasteiger partial charge in [0, 0.05) is 26.9 Å². The molecular weight excluding hydrogens is 326 g/mol. The number of ether oxygens (including phenoxy) is 1. The molecule has 0 fully saturated rings. The zero-order chi connectivity index (χ0) is 17.3. The number of fused-ring (bicyclic) bond motifs is 1. The van der Waals surface area contributed by atoms with Crippen LogP contribution in [-0.2, 0) is 24.4 Å². The normalized spacial score (nSPS) is 14.1. The summed E-state index contributed by atoms with van der Waals surface area (Å²) in [6.45, 7) is 8.61. The summed E-state index contributed by atoms with van der Waals surface area (Å²) in [6, 6.07) is 1.06. The van der Waals surface area contributed by atoms with E-state index in [0.29, 0.717) is 12.3 Å². The van der Waals surface area contributed by atoms with Crippen LogP contribution in [0.3, 0.4) is 0 Å². The quantitative estimate of drug-likeness (QED) is 0.332. The Morgan fingerprint density at radius 3 is 2.92 bits per heavy atom. The van der Waals surface area contributed by atoms with Crippen molar-refractivity contribution in [1.29, 1.82) is 0 Å². The molecule has 1 aliphatic rings. The number of hydrogen-bond acceptors (Lipinski definition) is 5. The van der Waals surface area contributed by atoms with Gasteiger partial charge in [0.05, 0.1) is 16.7 Å². The minimum atomic E-state index is -1.15. The third kappa shape index (κ3) is 3.56. The summed E-state index contributed by atoms with van der Waals surface area (Å²) in [5.41, 5.74) is 2.19. The van der Waals surface area contributed by atoms with E-state index in [9.17, 15) is 10.1 Å². The number of rotatable bonds is 7. The van der Waals surface area contributed by atoms with E-state index in [1.165, 1.54) is 10.9 Å². The minimum absolute atomic E-state index is 0.00602. The van der Waals surface area contributed by atoms with E-state index in [4.69, 9.17) is 4.74 Å². The number of nitrogens with zero attached hydrogens (tertiary/aromatic N) is 5. The molecule has 0 aromatic carbocycles. The van der Waals surface area contributed by atoms with Crippen LogP contribution in [0.4, 0.5) is 5.69 Å². The van der Waals surface area contributed by atoms with Crippen molar-refractivity contribution in [1.82, 2.24) is 19.6 Å². The van der Waals surface area contributed by atoms with E-state index in [-0.39, 0.29) is 17.3 Å². The Balaban J connectivity index is 1.77. The van der Waals surface area contributed by atoms with E-state index in [2.05, 4.69) is 29.8 Å². The fraction of sp³-hybridized carbons (Fsp3) is 0.600. The van der Waals surface area contributed by atoms with Crippen LogP contribution in [-0.4, -0.2) is 39.2 Å². The van der Waals surface area contributed by atoms with Crippen molar-refractivity contribution < 1.29 is 9.66 Å². The molecule has 0 bridgehead atoms. The largest absolute Gasteiger partial charge is 0.360 e. The molecule has 0 amide bonds. The lowest BCUT2D eigenvalue weighted by molar-refractivity contribution is -0.384. The summed E-state index contributed by atoms with van der Waals surface area (Å²) in [5.74, 6) is 0. The van der Waals surface area contributed by atoms with Crippen LogP contribution in [0.5, 0.6) is 0 Å². The highest BCUT2D eigenvalue weighted by atomic mass is 28.3. The van der Waals surface area contributed by atoms with Gasteiger partial charge in [0.2, 0.25) is 0 Å². The van der Waals surface area contributed by atoms with E-state index < -0.39 is 8.07 Å². The minimum Gasteiger partial charge on any atom is -0.360 e. The van der Waals surface area contributed by atoms with E-state index in [1.807, 2.05) is 4.68 Å². The highest BCUT2D eigenvalue weighted by molar-refractivity contribution is 6.76. The average molecular weight is 349 g/mol. The van der Waals surface area contributed by atoms with Crippen LogP contribution in [0.15, 0.2) is 12.4 Å². The molecule has 130 valence electrons. The van der Waals surface area contributed by atoms with Crippen LogP contribution >= 0.6 is 0 Å². The molecule has 0 radical (unpaired) electrons. The molecule has 9 heteroatoms. The summed E-state index contributed by atoms with van der Waals surface area (Å²) in [5, 5.41) is 20.1. The topological polar surface area (TPSA) is 88.0 Å². The Bertz CT molecular complexity index is 747. The van der Waals surface area contributed by atoms with Gasteiger partial charge in [-0.3, -0.25) is 14.8 Å². The Morgan fingerprint density at radius 2 is 2.21 bits per heavy atom. The molecule has 3 heterocycles. The fourth-order valence-electron chi connectivity index (χ4n) is 2.80. The van der Waals surface area contributed by atoms with Crippen molar-refractivity contribution in [2.24, 2.45) is 0 Å². The van der Waals surface area contributed by atoms with Crippen molar-refractivity contribution in [2.45, 2.75) is 51.8 Å². The number of nitro groups is 1. The van der Waals surface area contributed by atoms with Gasteiger partial charge in [0.15, 0.2) is 5.69 Å². The number of aryl methyl sites for hydroxylation is 1. The van der Waals surface area contributed by atoms with Crippen LogP contribution in [0, 0.1) is 10.1 Å². The standard InChI is InChI=1S/C15H23N5O3Si/c1-24(2,3)8-7-23-11-18-10-14(20(21)22)15(17-18)12-9-16-19-6-4-5-13(12)19/h9-10H,4-8,11H2,1-3H3. The maximum absolute atomic E-state index is 11.4. The van der Waals surface area contributed by atoms with Crippen molar-refractivity contribution in [3.05, 3.63) is 28.2 Å². The monoisotopic (exact) mass is 349 g/mol. The molecule has 0 atom stereocenters.